The molecule has 0 aliphatic heterocycles. The van der Waals surface area contributed by atoms with Gasteiger partial charge in [-0.05, 0) is 30.7 Å². The summed E-state index contributed by atoms with van der Waals surface area (Å²) in [7, 11) is 3.07. The van der Waals surface area contributed by atoms with Gasteiger partial charge in [0.25, 0.3) is 5.91 Å². The van der Waals surface area contributed by atoms with Crippen LogP contribution in [0.3, 0.4) is 0 Å². The molecule has 0 aliphatic rings. The van der Waals surface area contributed by atoms with E-state index in [1.807, 2.05) is 31.2 Å². The molecule has 5 nitrogen and oxygen atoms in total. The Kier molecular flexibility index (Phi) is 6.73. The zero-order valence-electron chi connectivity index (χ0n) is 14.6. The number of hydrogen-bond acceptors (Lipinski definition) is 4. The van der Waals surface area contributed by atoms with Crippen molar-refractivity contribution in [2.24, 2.45) is 0 Å². The maximum absolute atomic E-state index is 12.2. The standard InChI is InChI=1S/C20H21NO4/c1-15-8-4-5-9-18(15)25-13-7-6-12-21-20(22)17-11-10-16(23-2)14-19(17)24-3/h4-5,8-11,14H,12-13H2,1-3H3,(H,21,22). The van der Waals surface area contributed by atoms with Gasteiger partial charge in [-0.3, -0.25) is 4.79 Å². The molecular weight excluding hydrogens is 318 g/mol. The molecule has 2 aromatic rings. The Balaban J connectivity index is 1.84. The van der Waals surface area contributed by atoms with E-state index in [9.17, 15) is 4.79 Å². The van der Waals surface area contributed by atoms with Crippen LogP contribution in [-0.2, 0) is 0 Å². The minimum atomic E-state index is -0.256. The predicted octanol–water partition coefficient (Wildman–Crippen LogP) is 2.82. The number of hydrogen-bond donors (Lipinski definition) is 1. The van der Waals surface area contributed by atoms with Crippen LogP contribution in [0.15, 0.2) is 42.5 Å². The predicted molar refractivity (Wildman–Crippen MR) is 96.3 cm³/mol. The molecule has 25 heavy (non-hydrogen) atoms. The Bertz CT molecular complexity index is 790. The van der Waals surface area contributed by atoms with Gasteiger partial charge in [-0.2, -0.15) is 0 Å². The molecule has 0 atom stereocenters. The fraction of sp³-hybridized carbons (Fsp3) is 0.250. The lowest BCUT2D eigenvalue weighted by Gasteiger charge is -2.09. The number of ether oxygens (including phenoxy) is 3. The molecule has 1 N–H and O–H groups in total. The second kappa shape index (κ2) is 9.24. The van der Waals surface area contributed by atoms with Crippen molar-refractivity contribution in [1.82, 2.24) is 5.32 Å². The molecule has 0 spiro atoms. The van der Waals surface area contributed by atoms with E-state index >= 15 is 0 Å². The van der Waals surface area contributed by atoms with Crippen molar-refractivity contribution >= 4 is 5.91 Å². The first kappa shape index (κ1) is 18.2. The molecule has 0 bridgehead atoms. The molecule has 0 unspecified atom stereocenters. The highest BCUT2D eigenvalue weighted by Gasteiger charge is 2.12. The second-order valence-electron chi connectivity index (χ2n) is 5.16. The van der Waals surface area contributed by atoms with Gasteiger partial charge < -0.3 is 19.5 Å². The van der Waals surface area contributed by atoms with Crippen LogP contribution in [0.1, 0.15) is 15.9 Å². The Morgan fingerprint density at radius 3 is 2.56 bits per heavy atom. The highest BCUT2D eigenvalue weighted by atomic mass is 16.5. The average Bonchev–Trinajstić information content (AvgIpc) is 2.65. The van der Waals surface area contributed by atoms with Crippen LogP contribution >= 0.6 is 0 Å². The molecule has 2 aromatic carbocycles. The van der Waals surface area contributed by atoms with Crippen molar-refractivity contribution in [3.63, 3.8) is 0 Å². The molecule has 0 saturated carbocycles. The number of carbonyl (C=O) groups is 1. The fourth-order valence-corrected chi connectivity index (χ4v) is 2.15. The summed E-state index contributed by atoms with van der Waals surface area (Å²) in [4.78, 5) is 12.2. The van der Waals surface area contributed by atoms with Crippen molar-refractivity contribution in [3.05, 3.63) is 53.6 Å². The lowest BCUT2D eigenvalue weighted by molar-refractivity contribution is 0.0955. The van der Waals surface area contributed by atoms with Crippen molar-refractivity contribution in [3.8, 4) is 29.1 Å². The van der Waals surface area contributed by atoms with Gasteiger partial charge in [-0.15, -0.1) is 0 Å². The molecule has 0 saturated heterocycles. The summed E-state index contributed by atoms with van der Waals surface area (Å²) < 4.78 is 15.9. The van der Waals surface area contributed by atoms with Crippen LogP contribution in [-0.4, -0.2) is 33.3 Å². The minimum absolute atomic E-state index is 0.227. The van der Waals surface area contributed by atoms with Gasteiger partial charge in [0.15, 0.2) is 0 Å². The first-order chi connectivity index (χ1) is 12.2. The lowest BCUT2D eigenvalue weighted by atomic mass is 10.1. The van der Waals surface area contributed by atoms with Crippen molar-refractivity contribution < 1.29 is 19.0 Å². The van der Waals surface area contributed by atoms with E-state index in [1.165, 1.54) is 7.11 Å². The molecule has 0 radical (unpaired) electrons. The number of carbonyl (C=O) groups excluding carboxylic acids is 1. The van der Waals surface area contributed by atoms with E-state index in [1.54, 1.807) is 25.3 Å². The Morgan fingerprint density at radius 1 is 1.04 bits per heavy atom. The number of para-hydroxylation sites is 1. The third-order valence-corrected chi connectivity index (χ3v) is 3.51. The number of rotatable bonds is 6. The summed E-state index contributed by atoms with van der Waals surface area (Å²) in [5.41, 5.74) is 1.49. The smallest absolute Gasteiger partial charge is 0.255 e. The summed E-state index contributed by atoms with van der Waals surface area (Å²) in [6, 6.07) is 12.8. The van der Waals surface area contributed by atoms with Crippen LogP contribution in [0.25, 0.3) is 0 Å². The first-order valence-electron chi connectivity index (χ1n) is 7.80. The van der Waals surface area contributed by atoms with Gasteiger partial charge in [0, 0.05) is 6.07 Å². The number of amides is 1. The zero-order chi connectivity index (χ0) is 18.1. The summed E-state index contributed by atoms with van der Waals surface area (Å²) in [6.07, 6.45) is 0. The quantitative estimate of drug-likeness (QED) is 0.822. The van der Waals surface area contributed by atoms with Crippen molar-refractivity contribution in [2.75, 3.05) is 27.4 Å². The summed E-state index contributed by atoms with van der Waals surface area (Å²) in [5.74, 6) is 7.37. The largest absolute Gasteiger partial charge is 0.497 e. The zero-order valence-corrected chi connectivity index (χ0v) is 14.6. The number of nitrogens with one attached hydrogen (secondary N) is 1. The van der Waals surface area contributed by atoms with Crippen LogP contribution in [0.5, 0.6) is 17.2 Å². The number of benzene rings is 2. The Morgan fingerprint density at radius 2 is 1.84 bits per heavy atom. The summed E-state index contributed by atoms with van der Waals surface area (Å²) in [6.45, 7) is 2.48. The third-order valence-electron chi connectivity index (χ3n) is 3.51. The van der Waals surface area contributed by atoms with Gasteiger partial charge in [0.05, 0.1) is 26.3 Å². The highest BCUT2D eigenvalue weighted by Crippen LogP contribution is 2.24. The lowest BCUT2D eigenvalue weighted by Crippen LogP contribution is -2.24. The van der Waals surface area contributed by atoms with Crippen LogP contribution in [0.4, 0.5) is 0 Å². The highest BCUT2D eigenvalue weighted by molar-refractivity contribution is 5.97. The van der Waals surface area contributed by atoms with Gasteiger partial charge in [-0.1, -0.05) is 30.0 Å². The molecule has 0 heterocycles. The van der Waals surface area contributed by atoms with Gasteiger partial charge >= 0.3 is 0 Å². The van der Waals surface area contributed by atoms with E-state index < -0.39 is 0 Å². The van der Waals surface area contributed by atoms with Gasteiger partial charge in [0.2, 0.25) is 0 Å². The molecule has 0 aromatic heterocycles. The molecule has 2 rings (SSSR count). The van der Waals surface area contributed by atoms with Crippen molar-refractivity contribution in [2.45, 2.75) is 6.92 Å². The Labute approximate surface area is 147 Å². The van der Waals surface area contributed by atoms with Crippen LogP contribution in [0.2, 0.25) is 0 Å². The van der Waals surface area contributed by atoms with E-state index in [0.717, 1.165) is 11.3 Å². The van der Waals surface area contributed by atoms with E-state index in [2.05, 4.69) is 17.2 Å². The SMILES string of the molecule is COc1ccc(C(=O)NCC#CCOc2ccccc2C)c(OC)c1. The second-order valence-corrected chi connectivity index (χ2v) is 5.16. The monoisotopic (exact) mass is 339 g/mol. The molecule has 0 fully saturated rings. The van der Waals surface area contributed by atoms with E-state index in [-0.39, 0.29) is 19.1 Å². The van der Waals surface area contributed by atoms with Crippen LogP contribution < -0.4 is 19.5 Å². The number of methoxy groups -OCH3 is 2. The van der Waals surface area contributed by atoms with Crippen molar-refractivity contribution in [1.29, 1.82) is 0 Å². The molecule has 1 amide bonds. The Hall–Kier alpha value is -3.13. The molecule has 5 heteroatoms. The average molecular weight is 339 g/mol. The maximum atomic E-state index is 12.2. The molecule has 0 aliphatic carbocycles. The van der Waals surface area contributed by atoms with Crippen LogP contribution in [0, 0.1) is 18.8 Å². The number of aryl methyl sites for hydroxylation is 1. The maximum Gasteiger partial charge on any atom is 0.255 e. The molecular formula is C20H21NO4. The summed E-state index contributed by atoms with van der Waals surface area (Å²) in [5, 5.41) is 2.73. The van der Waals surface area contributed by atoms with E-state index in [0.29, 0.717) is 17.1 Å². The minimum Gasteiger partial charge on any atom is -0.497 e. The molecule has 130 valence electrons. The van der Waals surface area contributed by atoms with Gasteiger partial charge in [0.1, 0.15) is 23.9 Å². The normalized spacial score (nSPS) is 9.56. The van der Waals surface area contributed by atoms with Gasteiger partial charge in [-0.25, -0.2) is 0 Å². The fourth-order valence-electron chi connectivity index (χ4n) is 2.15. The topological polar surface area (TPSA) is 56.8 Å². The summed E-state index contributed by atoms with van der Waals surface area (Å²) >= 11 is 0. The van der Waals surface area contributed by atoms with E-state index in [4.69, 9.17) is 14.2 Å². The first-order valence-corrected chi connectivity index (χ1v) is 7.80. The third kappa shape index (κ3) is 5.18.